The van der Waals surface area contributed by atoms with Crippen LogP contribution in [-0.4, -0.2) is 16.9 Å². The van der Waals surface area contributed by atoms with E-state index in [1.165, 1.54) is 0 Å². The first kappa shape index (κ1) is 7.99. The Morgan fingerprint density at radius 1 is 1.08 bits per heavy atom. The number of carbonyl (C=O) groups is 2. The first-order valence-corrected chi connectivity index (χ1v) is 4.53. The zero-order valence-electron chi connectivity index (χ0n) is 6.50. The van der Waals surface area contributed by atoms with Gasteiger partial charge >= 0.3 is 0 Å². The minimum absolute atomic E-state index is 0.102. The molecule has 12 heavy (non-hydrogen) atoms. The quantitative estimate of drug-likeness (QED) is 0.323. The summed E-state index contributed by atoms with van der Waals surface area (Å²) in [5.74, 6) is -0.429. The smallest absolute Gasteiger partial charge is 0.165 e. The summed E-state index contributed by atoms with van der Waals surface area (Å²) in [7, 11) is 0. The van der Waals surface area contributed by atoms with Crippen LogP contribution in [0.4, 0.5) is 0 Å². The van der Waals surface area contributed by atoms with Gasteiger partial charge in [-0.05, 0) is 12.8 Å². The number of Topliss-reactive ketones (excluding diaryl/α,β-unsaturated/α-hetero) is 2. The molecule has 64 valence electrons. The highest BCUT2D eigenvalue weighted by Gasteiger charge is 2.39. The highest BCUT2D eigenvalue weighted by atomic mass is 35.5. The van der Waals surface area contributed by atoms with Gasteiger partial charge in [0.1, 0.15) is 0 Å². The van der Waals surface area contributed by atoms with Gasteiger partial charge in [0, 0.05) is 11.8 Å². The summed E-state index contributed by atoms with van der Waals surface area (Å²) in [5.41, 5.74) is 0. The Labute approximate surface area is 75.6 Å². The van der Waals surface area contributed by atoms with Gasteiger partial charge in [0.05, 0.1) is 0 Å². The van der Waals surface area contributed by atoms with E-state index >= 15 is 0 Å². The zero-order valence-corrected chi connectivity index (χ0v) is 7.25. The van der Waals surface area contributed by atoms with E-state index in [-0.39, 0.29) is 23.4 Å². The predicted molar refractivity (Wildman–Crippen MR) is 45.0 cm³/mol. The van der Waals surface area contributed by atoms with E-state index in [2.05, 4.69) is 0 Å². The fourth-order valence-corrected chi connectivity index (χ4v) is 2.13. The van der Waals surface area contributed by atoms with Gasteiger partial charge in [-0.25, -0.2) is 0 Å². The molecule has 2 nitrogen and oxygen atoms in total. The Morgan fingerprint density at radius 3 is 1.83 bits per heavy atom. The van der Waals surface area contributed by atoms with Crippen LogP contribution in [0.15, 0.2) is 12.2 Å². The SMILES string of the molecule is O=C1C2C=CC(CC2)C(=O)C1Cl. The fourth-order valence-electron chi connectivity index (χ4n) is 1.81. The number of hydrogen-bond donors (Lipinski definition) is 0. The number of alkyl halides is 1. The number of allylic oxidation sites excluding steroid dienone is 2. The monoisotopic (exact) mass is 184 g/mol. The van der Waals surface area contributed by atoms with Gasteiger partial charge in [-0.15, -0.1) is 11.6 Å². The van der Waals surface area contributed by atoms with Crippen molar-refractivity contribution in [3.05, 3.63) is 12.2 Å². The molecular weight excluding hydrogens is 176 g/mol. The largest absolute Gasteiger partial charge is 0.297 e. The van der Waals surface area contributed by atoms with Gasteiger partial charge in [-0.2, -0.15) is 0 Å². The van der Waals surface area contributed by atoms with Gasteiger partial charge in [-0.1, -0.05) is 12.2 Å². The van der Waals surface area contributed by atoms with Gasteiger partial charge in [-0.3, -0.25) is 9.59 Å². The van der Waals surface area contributed by atoms with E-state index in [4.69, 9.17) is 11.6 Å². The molecule has 3 aliphatic carbocycles. The van der Waals surface area contributed by atoms with Crippen LogP contribution in [0.2, 0.25) is 0 Å². The van der Waals surface area contributed by atoms with Crippen LogP contribution in [-0.2, 0) is 9.59 Å². The molecule has 2 bridgehead atoms. The van der Waals surface area contributed by atoms with Crippen molar-refractivity contribution in [2.24, 2.45) is 11.8 Å². The van der Waals surface area contributed by atoms with Crippen LogP contribution in [0.25, 0.3) is 0 Å². The van der Waals surface area contributed by atoms with E-state index < -0.39 is 5.38 Å². The van der Waals surface area contributed by atoms with E-state index in [1.54, 1.807) is 0 Å². The van der Waals surface area contributed by atoms with Crippen LogP contribution in [0, 0.1) is 11.8 Å². The highest BCUT2D eigenvalue weighted by Crippen LogP contribution is 2.31. The first-order valence-electron chi connectivity index (χ1n) is 4.10. The molecule has 1 saturated carbocycles. The molecule has 0 heterocycles. The maximum Gasteiger partial charge on any atom is 0.165 e. The number of hydrogen-bond acceptors (Lipinski definition) is 2. The number of rotatable bonds is 0. The zero-order chi connectivity index (χ0) is 8.72. The molecule has 0 aromatic heterocycles. The van der Waals surface area contributed by atoms with Crippen molar-refractivity contribution in [3.8, 4) is 0 Å². The third-order valence-corrected chi connectivity index (χ3v) is 3.03. The van der Waals surface area contributed by atoms with Crippen molar-refractivity contribution in [3.63, 3.8) is 0 Å². The van der Waals surface area contributed by atoms with E-state index in [0.29, 0.717) is 0 Å². The van der Waals surface area contributed by atoms with Crippen LogP contribution in [0.1, 0.15) is 12.8 Å². The Hall–Kier alpha value is -0.630. The second-order valence-corrected chi connectivity index (χ2v) is 3.78. The summed E-state index contributed by atoms with van der Waals surface area (Å²) in [5, 5.41) is -0.891. The molecule has 2 atom stereocenters. The topological polar surface area (TPSA) is 34.1 Å². The lowest BCUT2D eigenvalue weighted by molar-refractivity contribution is -0.127. The second-order valence-electron chi connectivity index (χ2n) is 3.34. The molecule has 0 spiro atoms. The average molecular weight is 185 g/mol. The maximum atomic E-state index is 11.4. The van der Waals surface area contributed by atoms with E-state index in [9.17, 15) is 9.59 Å². The Kier molecular flexibility index (Phi) is 1.80. The predicted octanol–water partition coefficient (Wildman–Crippen LogP) is 1.33. The molecule has 0 N–H and O–H groups in total. The van der Waals surface area contributed by atoms with Gasteiger partial charge in [0.15, 0.2) is 16.9 Å². The minimum Gasteiger partial charge on any atom is -0.297 e. The van der Waals surface area contributed by atoms with Crippen LogP contribution in [0.3, 0.4) is 0 Å². The second kappa shape index (κ2) is 2.70. The van der Waals surface area contributed by atoms with Gasteiger partial charge in [0.25, 0.3) is 0 Å². The number of carbonyl (C=O) groups excluding carboxylic acids is 2. The molecule has 0 saturated heterocycles. The molecule has 2 unspecified atom stereocenters. The Balaban J connectivity index is 2.40. The van der Waals surface area contributed by atoms with Crippen molar-refractivity contribution in [1.29, 1.82) is 0 Å². The van der Waals surface area contributed by atoms with Crippen molar-refractivity contribution < 1.29 is 9.59 Å². The van der Waals surface area contributed by atoms with Gasteiger partial charge < -0.3 is 0 Å². The van der Waals surface area contributed by atoms with Crippen LogP contribution < -0.4 is 0 Å². The van der Waals surface area contributed by atoms with E-state index in [0.717, 1.165) is 12.8 Å². The normalized spacial score (nSPS) is 40.2. The summed E-state index contributed by atoms with van der Waals surface area (Å²) < 4.78 is 0. The van der Waals surface area contributed by atoms with Crippen molar-refractivity contribution in [1.82, 2.24) is 0 Å². The molecule has 0 aromatic carbocycles. The molecule has 3 heteroatoms. The lowest BCUT2D eigenvalue weighted by atomic mass is 9.90. The summed E-state index contributed by atoms with van der Waals surface area (Å²) in [6, 6.07) is 0. The summed E-state index contributed by atoms with van der Waals surface area (Å²) in [6.45, 7) is 0. The van der Waals surface area contributed by atoms with E-state index in [1.807, 2.05) is 12.2 Å². The summed E-state index contributed by atoms with van der Waals surface area (Å²) >= 11 is 5.71. The third-order valence-electron chi connectivity index (χ3n) is 2.59. The van der Waals surface area contributed by atoms with Gasteiger partial charge in [0.2, 0.25) is 0 Å². The molecule has 0 amide bonds. The first-order chi connectivity index (χ1) is 5.70. The lowest BCUT2D eigenvalue weighted by Crippen LogP contribution is -2.27. The maximum absolute atomic E-state index is 11.4. The molecule has 0 aromatic rings. The number of fused-ring (bicyclic) bond motifs is 3. The highest BCUT2D eigenvalue weighted by molar-refractivity contribution is 6.43. The molecule has 0 radical (unpaired) electrons. The Morgan fingerprint density at radius 2 is 1.50 bits per heavy atom. The Bertz CT molecular complexity index is 244. The average Bonchev–Trinajstić information content (AvgIpc) is 2.27. The summed E-state index contributed by atoms with van der Waals surface area (Å²) in [4.78, 5) is 22.8. The standard InChI is InChI=1S/C9H9ClO2/c10-7-8(11)5-1-2-6(4-3-5)9(7)12/h1-2,5-7H,3-4H2. The summed E-state index contributed by atoms with van der Waals surface area (Å²) in [6.07, 6.45) is 5.23. The lowest BCUT2D eigenvalue weighted by Gasteiger charge is -2.12. The van der Waals surface area contributed by atoms with Crippen LogP contribution >= 0.6 is 11.6 Å². The minimum atomic E-state index is -0.891. The fraction of sp³-hybridized carbons (Fsp3) is 0.556. The number of halogens is 1. The molecular formula is C9H9ClO2. The van der Waals surface area contributed by atoms with Crippen molar-refractivity contribution >= 4 is 23.2 Å². The molecule has 1 fully saturated rings. The molecule has 3 rings (SSSR count). The molecule has 3 aliphatic rings. The van der Waals surface area contributed by atoms with Crippen molar-refractivity contribution in [2.45, 2.75) is 18.2 Å². The third kappa shape index (κ3) is 1.02. The van der Waals surface area contributed by atoms with Crippen LogP contribution in [0.5, 0.6) is 0 Å². The van der Waals surface area contributed by atoms with Crippen molar-refractivity contribution in [2.75, 3.05) is 0 Å². The number of ketones is 2. The molecule has 0 aliphatic heterocycles.